The lowest BCUT2D eigenvalue weighted by Gasteiger charge is -2.37. The molecule has 110 valence electrons. The number of nitrogens with zero attached hydrogens (tertiary/aromatic N) is 1. The molecule has 0 radical (unpaired) electrons. The molecule has 21 heavy (non-hydrogen) atoms. The minimum atomic E-state index is -0.875. The maximum Gasteiger partial charge on any atom is 0.0954 e. The van der Waals surface area contributed by atoms with Crippen LogP contribution in [0.1, 0.15) is 53.6 Å². The Kier molecular flexibility index (Phi) is 3.58. The summed E-state index contributed by atoms with van der Waals surface area (Å²) in [5.41, 5.74) is 4.86. The quantitative estimate of drug-likeness (QED) is 0.901. The molecule has 1 aromatic heterocycles. The Balaban J connectivity index is 2.09. The zero-order chi connectivity index (χ0) is 15.0. The van der Waals surface area contributed by atoms with Gasteiger partial charge >= 0.3 is 0 Å². The normalized spacial score (nSPS) is 20.7. The van der Waals surface area contributed by atoms with Crippen LogP contribution < -0.4 is 0 Å². The third kappa shape index (κ3) is 2.49. The molecule has 0 spiro atoms. The number of aliphatic hydroxyl groups is 1. The molecule has 1 aromatic carbocycles. The molecule has 0 amide bonds. The van der Waals surface area contributed by atoms with E-state index in [9.17, 15) is 5.11 Å². The van der Waals surface area contributed by atoms with Crippen molar-refractivity contribution >= 4 is 0 Å². The van der Waals surface area contributed by atoms with Crippen molar-refractivity contribution in [1.82, 2.24) is 4.98 Å². The summed E-state index contributed by atoms with van der Waals surface area (Å²) in [7, 11) is 0. The Bertz CT molecular complexity index is 660. The number of pyridine rings is 1. The largest absolute Gasteiger partial charge is 0.385 e. The number of aromatic nitrogens is 1. The first-order valence-corrected chi connectivity index (χ1v) is 7.74. The van der Waals surface area contributed by atoms with Crippen LogP contribution in [0.15, 0.2) is 36.5 Å². The van der Waals surface area contributed by atoms with Crippen LogP contribution in [0.5, 0.6) is 0 Å². The third-order valence-corrected chi connectivity index (χ3v) is 4.81. The lowest BCUT2D eigenvalue weighted by molar-refractivity contribution is 0.0182. The summed E-state index contributed by atoms with van der Waals surface area (Å²) in [5.74, 6) is 0.0722. The summed E-state index contributed by atoms with van der Waals surface area (Å²) < 4.78 is 0. The fraction of sp³-hybridized carbons (Fsp3) is 0.421. The number of aryl methyl sites for hydroxylation is 3. The van der Waals surface area contributed by atoms with Crippen LogP contribution in [-0.2, 0) is 12.0 Å². The molecule has 0 saturated carbocycles. The molecule has 0 fully saturated rings. The van der Waals surface area contributed by atoms with Gasteiger partial charge in [0.05, 0.1) is 5.60 Å². The van der Waals surface area contributed by atoms with Gasteiger partial charge in [0.15, 0.2) is 0 Å². The monoisotopic (exact) mass is 281 g/mol. The molecule has 3 rings (SSSR count). The molecule has 2 aromatic rings. The molecule has 0 saturated heterocycles. The van der Waals surface area contributed by atoms with Crippen LogP contribution >= 0.6 is 0 Å². The van der Waals surface area contributed by atoms with E-state index in [2.05, 4.69) is 43.1 Å². The molecule has 1 N–H and O–H groups in total. The lowest BCUT2D eigenvalue weighted by Crippen LogP contribution is -2.34. The van der Waals surface area contributed by atoms with E-state index < -0.39 is 5.60 Å². The zero-order valence-corrected chi connectivity index (χ0v) is 13.1. The minimum absolute atomic E-state index is 0.0722. The Hall–Kier alpha value is -1.67. The molecule has 1 heterocycles. The molecule has 2 unspecified atom stereocenters. The SMILES string of the molecule is Cc1ccc(C)c(C(C)(O)C2CCCc3cccnc32)c1. The van der Waals surface area contributed by atoms with E-state index in [-0.39, 0.29) is 5.92 Å². The highest BCUT2D eigenvalue weighted by Gasteiger charge is 2.39. The smallest absolute Gasteiger partial charge is 0.0954 e. The molecule has 1 aliphatic rings. The predicted molar refractivity (Wildman–Crippen MR) is 85.4 cm³/mol. The summed E-state index contributed by atoms with van der Waals surface area (Å²) in [5, 5.41) is 11.3. The average molecular weight is 281 g/mol. The van der Waals surface area contributed by atoms with E-state index in [1.807, 2.05) is 19.2 Å². The molecule has 2 nitrogen and oxygen atoms in total. The standard InChI is InChI=1S/C19H23NO/c1-13-9-10-14(2)17(12-13)19(3,21)16-8-4-6-15-7-5-11-20-18(15)16/h5,7,9-12,16,21H,4,6,8H2,1-3H3. The Morgan fingerprint density at radius 2 is 2.05 bits per heavy atom. The first-order chi connectivity index (χ1) is 10.00. The summed E-state index contributed by atoms with van der Waals surface area (Å²) in [6.45, 7) is 6.10. The fourth-order valence-corrected chi connectivity index (χ4v) is 3.63. The van der Waals surface area contributed by atoms with E-state index in [1.165, 1.54) is 11.1 Å². The van der Waals surface area contributed by atoms with Crippen molar-refractivity contribution in [3.63, 3.8) is 0 Å². The van der Waals surface area contributed by atoms with Gasteiger partial charge in [-0.05, 0) is 62.8 Å². The number of fused-ring (bicyclic) bond motifs is 1. The van der Waals surface area contributed by atoms with Gasteiger partial charge in [-0.2, -0.15) is 0 Å². The Labute approximate surface area is 126 Å². The Morgan fingerprint density at radius 1 is 1.24 bits per heavy atom. The molecular formula is C19H23NO. The van der Waals surface area contributed by atoms with Gasteiger partial charge in [-0.1, -0.05) is 29.8 Å². The van der Waals surface area contributed by atoms with Crippen molar-refractivity contribution in [3.8, 4) is 0 Å². The average Bonchev–Trinajstić information content (AvgIpc) is 2.49. The van der Waals surface area contributed by atoms with Gasteiger partial charge in [0.1, 0.15) is 0 Å². The number of hydrogen-bond acceptors (Lipinski definition) is 2. The van der Waals surface area contributed by atoms with Gasteiger partial charge in [0.2, 0.25) is 0 Å². The van der Waals surface area contributed by atoms with Crippen LogP contribution in [0.4, 0.5) is 0 Å². The summed E-state index contributed by atoms with van der Waals surface area (Å²) in [6.07, 6.45) is 5.02. The summed E-state index contributed by atoms with van der Waals surface area (Å²) >= 11 is 0. The summed E-state index contributed by atoms with van der Waals surface area (Å²) in [6, 6.07) is 10.5. The lowest BCUT2D eigenvalue weighted by atomic mass is 9.72. The maximum absolute atomic E-state index is 11.3. The molecule has 0 aliphatic heterocycles. The van der Waals surface area contributed by atoms with Gasteiger partial charge in [0.25, 0.3) is 0 Å². The van der Waals surface area contributed by atoms with Crippen LogP contribution in [0.3, 0.4) is 0 Å². The second kappa shape index (κ2) is 5.27. The van der Waals surface area contributed by atoms with Gasteiger partial charge in [-0.3, -0.25) is 4.98 Å². The second-order valence-corrected chi connectivity index (χ2v) is 6.46. The van der Waals surface area contributed by atoms with Gasteiger partial charge in [0, 0.05) is 17.8 Å². The minimum Gasteiger partial charge on any atom is -0.385 e. The predicted octanol–water partition coefficient (Wildman–Crippen LogP) is 4.03. The second-order valence-electron chi connectivity index (χ2n) is 6.46. The molecular weight excluding hydrogens is 258 g/mol. The van der Waals surface area contributed by atoms with Crippen molar-refractivity contribution in [1.29, 1.82) is 0 Å². The van der Waals surface area contributed by atoms with Crippen molar-refractivity contribution in [2.45, 2.75) is 51.6 Å². The highest BCUT2D eigenvalue weighted by atomic mass is 16.3. The first kappa shape index (κ1) is 14.3. The summed E-state index contributed by atoms with van der Waals surface area (Å²) in [4.78, 5) is 4.58. The van der Waals surface area contributed by atoms with Crippen LogP contribution in [0, 0.1) is 13.8 Å². The molecule has 1 aliphatic carbocycles. The number of rotatable bonds is 2. The van der Waals surface area contributed by atoms with E-state index >= 15 is 0 Å². The van der Waals surface area contributed by atoms with E-state index in [0.717, 1.165) is 36.1 Å². The highest BCUT2D eigenvalue weighted by Crippen LogP contribution is 2.44. The Morgan fingerprint density at radius 3 is 2.86 bits per heavy atom. The molecule has 2 atom stereocenters. The van der Waals surface area contributed by atoms with E-state index in [0.29, 0.717) is 0 Å². The van der Waals surface area contributed by atoms with Crippen molar-refractivity contribution < 1.29 is 5.11 Å². The first-order valence-electron chi connectivity index (χ1n) is 7.74. The third-order valence-electron chi connectivity index (χ3n) is 4.81. The number of benzene rings is 1. The van der Waals surface area contributed by atoms with Crippen LogP contribution in [0.25, 0.3) is 0 Å². The van der Waals surface area contributed by atoms with Crippen molar-refractivity contribution in [2.75, 3.05) is 0 Å². The van der Waals surface area contributed by atoms with Crippen LogP contribution in [0.2, 0.25) is 0 Å². The van der Waals surface area contributed by atoms with E-state index in [1.54, 1.807) is 0 Å². The van der Waals surface area contributed by atoms with Crippen molar-refractivity contribution in [3.05, 3.63) is 64.5 Å². The van der Waals surface area contributed by atoms with Crippen LogP contribution in [-0.4, -0.2) is 10.1 Å². The molecule has 2 heteroatoms. The van der Waals surface area contributed by atoms with Gasteiger partial charge < -0.3 is 5.11 Å². The zero-order valence-electron chi connectivity index (χ0n) is 13.1. The van der Waals surface area contributed by atoms with Gasteiger partial charge in [-0.25, -0.2) is 0 Å². The van der Waals surface area contributed by atoms with Gasteiger partial charge in [-0.15, -0.1) is 0 Å². The van der Waals surface area contributed by atoms with E-state index in [4.69, 9.17) is 0 Å². The number of hydrogen-bond donors (Lipinski definition) is 1. The topological polar surface area (TPSA) is 33.1 Å². The van der Waals surface area contributed by atoms with Crippen molar-refractivity contribution in [2.24, 2.45) is 0 Å². The maximum atomic E-state index is 11.3. The molecule has 0 bridgehead atoms. The highest BCUT2D eigenvalue weighted by molar-refractivity contribution is 5.39. The fourth-order valence-electron chi connectivity index (χ4n) is 3.63.